The highest BCUT2D eigenvalue weighted by atomic mass is 32.1. The molecule has 37 heavy (non-hydrogen) atoms. The normalized spacial score (nSPS) is 16.1. The topological polar surface area (TPSA) is 87.4 Å². The number of hydrogen-bond donors (Lipinski definition) is 1. The van der Waals surface area contributed by atoms with Gasteiger partial charge in [-0.1, -0.05) is 42.5 Å². The van der Waals surface area contributed by atoms with Crippen molar-refractivity contribution in [2.24, 2.45) is 0 Å². The van der Waals surface area contributed by atoms with Crippen LogP contribution in [0.15, 0.2) is 59.9 Å². The van der Waals surface area contributed by atoms with Crippen LogP contribution in [0, 0.1) is 6.92 Å². The van der Waals surface area contributed by atoms with Crippen molar-refractivity contribution in [3.63, 3.8) is 0 Å². The number of thiazole rings is 1. The standard InChI is InChI=1S/C28H30N4O4S/c1-5-16-36-19-12-10-18(11-13-19)23-22(25(34)27(35)31(23)15-14-30(3)4)24(33)26-17(2)32-21-9-7-6-8-20(21)29-28(32)37-26/h6-13,23,34H,5,14-16H2,1-4H3. The van der Waals surface area contributed by atoms with Gasteiger partial charge in [-0.2, -0.15) is 0 Å². The maximum absolute atomic E-state index is 14.0. The maximum atomic E-state index is 14.0. The van der Waals surface area contributed by atoms with Crippen LogP contribution < -0.4 is 4.74 Å². The van der Waals surface area contributed by atoms with E-state index in [1.54, 1.807) is 4.90 Å². The predicted molar refractivity (Wildman–Crippen MR) is 145 cm³/mol. The van der Waals surface area contributed by atoms with Gasteiger partial charge in [0.25, 0.3) is 5.91 Å². The molecule has 1 unspecified atom stereocenters. The number of aliphatic hydroxyl groups excluding tert-OH is 1. The summed E-state index contributed by atoms with van der Waals surface area (Å²) in [4.78, 5) is 36.7. The molecule has 1 N–H and O–H groups in total. The molecule has 0 spiro atoms. The molecule has 192 valence electrons. The van der Waals surface area contributed by atoms with E-state index in [1.165, 1.54) is 11.3 Å². The summed E-state index contributed by atoms with van der Waals surface area (Å²) in [6, 6.07) is 14.5. The summed E-state index contributed by atoms with van der Waals surface area (Å²) in [6.07, 6.45) is 0.894. The molecule has 9 heteroatoms. The Bertz CT molecular complexity index is 1520. The molecule has 1 atom stereocenters. The van der Waals surface area contributed by atoms with E-state index >= 15 is 0 Å². The van der Waals surface area contributed by atoms with Gasteiger partial charge in [0.1, 0.15) is 5.75 Å². The van der Waals surface area contributed by atoms with E-state index in [1.807, 2.05) is 85.8 Å². The third kappa shape index (κ3) is 4.38. The van der Waals surface area contributed by atoms with Crippen LogP contribution in [0.4, 0.5) is 0 Å². The minimum Gasteiger partial charge on any atom is -0.503 e. The molecule has 4 aromatic rings. The van der Waals surface area contributed by atoms with Crippen LogP contribution in [0.3, 0.4) is 0 Å². The zero-order valence-corrected chi connectivity index (χ0v) is 22.2. The van der Waals surface area contributed by atoms with E-state index in [4.69, 9.17) is 4.74 Å². The van der Waals surface area contributed by atoms with E-state index in [2.05, 4.69) is 4.98 Å². The molecular formula is C28H30N4O4S. The van der Waals surface area contributed by atoms with Crippen LogP contribution in [0.5, 0.6) is 5.75 Å². The molecule has 1 aliphatic heterocycles. The Labute approximate surface area is 219 Å². The van der Waals surface area contributed by atoms with Gasteiger partial charge in [-0.25, -0.2) is 4.98 Å². The zero-order valence-electron chi connectivity index (χ0n) is 21.4. The van der Waals surface area contributed by atoms with Gasteiger partial charge in [0.05, 0.1) is 34.1 Å². The van der Waals surface area contributed by atoms with Gasteiger partial charge in [-0.3, -0.25) is 14.0 Å². The summed E-state index contributed by atoms with van der Waals surface area (Å²) >= 11 is 1.28. The number of Topliss-reactive ketones (excluding diaryl/α,β-unsaturated/α-hetero) is 1. The average Bonchev–Trinajstić information content (AvgIpc) is 3.50. The number of fused-ring (bicyclic) bond motifs is 3. The number of ether oxygens (including phenoxy) is 1. The highest BCUT2D eigenvalue weighted by molar-refractivity contribution is 7.19. The van der Waals surface area contributed by atoms with E-state index in [9.17, 15) is 14.7 Å². The molecule has 1 aliphatic rings. The number of likely N-dealkylation sites (N-methyl/N-ethyl adjacent to an activating group) is 1. The minimum absolute atomic E-state index is 0.0999. The average molecular weight is 519 g/mol. The molecule has 0 bridgehead atoms. The Morgan fingerprint density at radius 1 is 1.16 bits per heavy atom. The molecule has 0 radical (unpaired) electrons. The van der Waals surface area contributed by atoms with Gasteiger partial charge < -0.3 is 19.6 Å². The quantitative estimate of drug-likeness (QED) is 0.321. The fourth-order valence-electron chi connectivity index (χ4n) is 4.73. The number of carbonyl (C=O) groups is 2. The monoisotopic (exact) mass is 518 g/mol. The first-order valence-corrected chi connectivity index (χ1v) is 13.2. The molecule has 2 aromatic carbocycles. The molecule has 2 aromatic heterocycles. The summed E-state index contributed by atoms with van der Waals surface area (Å²) in [5.74, 6) is -0.661. The number of aromatic nitrogens is 2. The van der Waals surface area contributed by atoms with E-state index < -0.39 is 17.7 Å². The van der Waals surface area contributed by atoms with E-state index in [-0.39, 0.29) is 11.4 Å². The van der Waals surface area contributed by atoms with Gasteiger partial charge in [0.2, 0.25) is 5.78 Å². The number of carbonyl (C=O) groups excluding carboxylic acids is 2. The van der Waals surface area contributed by atoms with Crippen molar-refractivity contribution < 1.29 is 19.4 Å². The first-order chi connectivity index (χ1) is 17.8. The second kappa shape index (κ2) is 9.99. The molecule has 0 saturated heterocycles. The number of aliphatic hydroxyl groups is 1. The van der Waals surface area contributed by atoms with Gasteiger partial charge >= 0.3 is 0 Å². The Morgan fingerprint density at radius 3 is 2.59 bits per heavy atom. The van der Waals surface area contributed by atoms with Crippen LogP contribution >= 0.6 is 11.3 Å². The predicted octanol–water partition coefficient (Wildman–Crippen LogP) is 4.79. The van der Waals surface area contributed by atoms with Crippen molar-refractivity contribution in [3.8, 4) is 5.75 Å². The number of rotatable bonds is 9. The highest BCUT2D eigenvalue weighted by Gasteiger charge is 2.44. The van der Waals surface area contributed by atoms with E-state index in [0.717, 1.165) is 34.5 Å². The number of ketones is 1. The maximum Gasteiger partial charge on any atom is 0.290 e. The minimum atomic E-state index is -0.703. The van der Waals surface area contributed by atoms with Crippen molar-refractivity contribution in [1.82, 2.24) is 19.2 Å². The number of amides is 1. The van der Waals surface area contributed by atoms with Crippen molar-refractivity contribution in [1.29, 1.82) is 0 Å². The molecule has 8 nitrogen and oxygen atoms in total. The van der Waals surface area contributed by atoms with Crippen LogP contribution in [0.2, 0.25) is 0 Å². The van der Waals surface area contributed by atoms with Gasteiger partial charge in [0, 0.05) is 18.8 Å². The van der Waals surface area contributed by atoms with E-state index in [0.29, 0.717) is 29.5 Å². The summed E-state index contributed by atoms with van der Waals surface area (Å²) in [7, 11) is 3.84. The Hall–Kier alpha value is -3.69. The summed E-state index contributed by atoms with van der Waals surface area (Å²) in [5, 5.41) is 11.0. The molecule has 0 saturated carbocycles. The molecular weight excluding hydrogens is 488 g/mol. The largest absolute Gasteiger partial charge is 0.503 e. The highest BCUT2D eigenvalue weighted by Crippen LogP contribution is 2.41. The van der Waals surface area contributed by atoms with Gasteiger partial charge in [0.15, 0.2) is 10.7 Å². The first kappa shape index (κ1) is 25.0. The van der Waals surface area contributed by atoms with Gasteiger partial charge in [-0.15, -0.1) is 0 Å². The molecule has 3 heterocycles. The Balaban J connectivity index is 1.57. The lowest BCUT2D eigenvalue weighted by Gasteiger charge is -2.28. The molecule has 1 amide bonds. The zero-order chi connectivity index (χ0) is 26.3. The third-order valence-corrected chi connectivity index (χ3v) is 7.74. The van der Waals surface area contributed by atoms with Crippen molar-refractivity contribution in [2.45, 2.75) is 26.3 Å². The van der Waals surface area contributed by atoms with Crippen molar-refractivity contribution in [3.05, 3.63) is 76.0 Å². The lowest BCUT2D eigenvalue weighted by atomic mass is 9.95. The van der Waals surface area contributed by atoms with Crippen LogP contribution in [0.25, 0.3) is 16.0 Å². The summed E-state index contributed by atoms with van der Waals surface area (Å²) < 4.78 is 7.68. The summed E-state index contributed by atoms with van der Waals surface area (Å²) in [6.45, 7) is 5.47. The SMILES string of the molecule is CCCOc1ccc(C2C(C(=O)c3sc4nc5ccccc5n4c3C)=C(O)C(=O)N2CCN(C)C)cc1. The van der Waals surface area contributed by atoms with Crippen molar-refractivity contribution in [2.75, 3.05) is 33.8 Å². The van der Waals surface area contributed by atoms with Gasteiger partial charge in [-0.05, 0) is 57.3 Å². The second-order valence-electron chi connectivity index (χ2n) is 9.45. The van der Waals surface area contributed by atoms with Crippen molar-refractivity contribution >= 4 is 39.0 Å². The lowest BCUT2D eigenvalue weighted by Crippen LogP contribution is -2.36. The molecule has 0 fully saturated rings. The lowest BCUT2D eigenvalue weighted by molar-refractivity contribution is -0.129. The number of nitrogens with zero attached hydrogens (tertiary/aromatic N) is 4. The molecule has 0 aliphatic carbocycles. The summed E-state index contributed by atoms with van der Waals surface area (Å²) in [5.41, 5.74) is 3.35. The van der Waals surface area contributed by atoms with Crippen LogP contribution in [-0.4, -0.2) is 69.8 Å². The van der Waals surface area contributed by atoms with Crippen LogP contribution in [0.1, 0.15) is 40.3 Å². The fourth-order valence-corrected chi connectivity index (χ4v) is 5.83. The Morgan fingerprint density at radius 2 is 1.89 bits per heavy atom. The number of benzene rings is 2. The Kier molecular flexibility index (Phi) is 6.74. The molecule has 5 rings (SSSR count). The number of imidazole rings is 1. The number of hydrogen-bond acceptors (Lipinski definition) is 7. The number of para-hydroxylation sites is 2. The third-order valence-electron chi connectivity index (χ3n) is 6.60. The fraction of sp³-hybridized carbons (Fsp3) is 0.321. The smallest absolute Gasteiger partial charge is 0.290 e. The first-order valence-electron chi connectivity index (χ1n) is 12.3. The second-order valence-corrected chi connectivity index (χ2v) is 10.4. The van der Waals surface area contributed by atoms with Crippen LogP contribution in [-0.2, 0) is 4.79 Å². The number of aryl methyl sites for hydroxylation is 1.